The molecule has 2 aliphatic rings. The van der Waals surface area contributed by atoms with Crippen LogP contribution in [0.3, 0.4) is 0 Å². The van der Waals surface area contributed by atoms with Crippen molar-refractivity contribution >= 4 is 17.8 Å². The van der Waals surface area contributed by atoms with E-state index in [1.54, 1.807) is 21.0 Å². The Kier molecular flexibility index (Phi) is 3.83. The van der Waals surface area contributed by atoms with Crippen molar-refractivity contribution in [1.82, 2.24) is 10.2 Å². The number of carbonyl (C=O) groups excluding carboxylic acids is 2. The minimum Gasteiger partial charge on any atom is -0.481 e. The van der Waals surface area contributed by atoms with Crippen molar-refractivity contribution in [3.63, 3.8) is 0 Å². The van der Waals surface area contributed by atoms with Gasteiger partial charge in [0.15, 0.2) is 0 Å². The SMILES string of the molecule is CC(NC(=O)[C@H]1C2C=CC(C2)[C@H]1C(=O)O)C(=O)N(C)C. The molecule has 6 nitrogen and oxygen atoms in total. The fourth-order valence-corrected chi connectivity index (χ4v) is 3.28. The predicted molar refractivity (Wildman–Crippen MR) is 71.7 cm³/mol. The molecule has 2 N–H and O–H groups in total. The summed E-state index contributed by atoms with van der Waals surface area (Å²) in [6.07, 6.45) is 4.53. The Morgan fingerprint density at radius 2 is 1.75 bits per heavy atom. The van der Waals surface area contributed by atoms with Crippen molar-refractivity contribution in [2.45, 2.75) is 19.4 Å². The van der Waals surface area contributed by atoms with Gasteiger partial charge in [0, 0.05) is 14.1 Å². The Hall–Kier alpha value is -1.85. The fraction of sp³-hybridized carbons (Fsp3) is 0.643. The van der Waals surface area contributed by atoms with Crippen LogP contribution in [0.25, 0.3) is 0 Å². The van der Waals surface area contributed by atoms with Crippen molar-refractivity contribution < 1.29 is 19.5 Å². The quantitative estimate of drug-likeness (QED) is 0.715. The van der Waals surface area contributed by atoms with Crippen LogP contribution in [0.4, 0.5) is 0 Å². The monoisotopic (exact) mass is 280 g/mol. The van der Waals surface area contributed by atoms with Gasteiger partial charge in [0.25, 0.3) is 0 Å². The van der Waals surface area contributed by atoms with Crippen LogP contribution < -0.4 is 5.32 Å². The molecule has 5 atom stereocenters. The molecule has 0 aliphatic heterocycles. The lowest BCUT2D eigenvalue weighted by Gasteiger charge is -2.26. The van der Waals surface area contributed by atoms with E-state index in [0.717, 1.165) is 0 Å². The van der Waals surface area contributed by atoms with E-state index < -0.39 is 23.8 Å². The van der Waals surface area contributed by atoms with Crippen molar-refractivity contribution in [3.05, 3.63) is 12.2 Å². The highest BCUT2D eigenvalue weighted by atomic mass is 16.4. The maximum Gasteiger partial charge on any atom is 0.307 e. The van der Waals surface area contributed by atoms with Gasteiger partial charge in [-0.1, -0.05) is 12.2 Å². The zero-order valence-corrected chi connectivity index (χ0v) is 11.9. The van der Waals surface area contributed by atoms with Crippen LogP contribution in [0, 0.1) is 23.7 Å². The third kappa shape index (κ3) is 2.42. The molecule has 2 rings (SSSR count). The van der Waals surface area contributed by atoms with E-state index in [-0.39, 0.29) is 23.7 Å². The van der Waals surface area contributed by atoms with Gasteiger partial charge in [0.1, 0.15) is 6.04 Å². The van der Waals surface area contributed by atoms with Crippen LogP contribution in [0.5, 0.6) is 0 Å². The van der Waals surface area contributed by atoms with Gasteiger partial charge >= 0.3 is 5.97 Å². The van der Waals surface area contributed by atoms with Gasteiger partial charge in [-0.2, -0.15) is 0 Å². The van der Waals surface area contributed by atoms with E-state index in [1.165, 1.54) is 4.90 Å². The number of hydrogen-bond donors (Lipinski definition) is 2. The number of nitrogens with zero attached hydrogens (tertiary/aromatic N) is 1. The lowest BCUT2D eigenvalue weighted by atomic mass is 9.82. The summed E-state index contributed by atoms with van der Waals surface area (Å²) in [5, 5.41) is 11.9. The van der Waals surface area contributed by atoms with Crippen LogP contribution >= 0.6 is 0 Å². The summed E-state index contributed by atoms with van der Waals surface area (Å²) >= 11 is 0. The van der Waals surface area contributed by atoms with Crippen LogP contribution in [0.15, 0.2) is 12.2 Å². The summed E-state index contributed by atoms with van der Waals surface area (Å²) in [5.74, 6) is -2.81. The highest BCUT2D eigenvalue weighted by molar-refractivity contribution is 5.91. The van der Waals surface area contributed by atoms with Crippen molar-refractivity contribution in [2.75, 3.05) is 14.1 Å². The number of carbonyl (C=O) groups is 3. The van der Waals surface area contributed by atoms with Crippen molar-refractivity contribution in [2.24, 2.45) is 23.7 Å². The number of carboxylic acids is 1. The standard InChI is InChI=1S/C14H20N2O4/c1-7(13(18)16(2)3)15-12(17)10-8-4-5-9(6-8)11(10)14(19)20/h4-5,7-11H,6H2,1-3H3,(H,15,17)(H,19,20)/t7?,8?,9?,10-,11+/m0/s1. The number of rotatable bonds is 4. The van der Waals surface area contributed by atoms with Crippen LogP contribution in [0.1, 0.15) is 13.3 Å². The second-order valence-electron chi connectivity index (χ2n) is 5.80. The Morgan fingerprint density at radius 1 is 1.20 bits per heavy atom. The number of carboxylic acid groups (broad SMARTS) is 1. The maximum atomic E-state index is 12.3. The molecule has 0 heterocycles. The number of hydrogen-bond acceptors (Lipinski definition) is 3. The average Bonchev–Trinajstić information content (AvgIpc) is 2.97. The topological polar surface area (TPSA) is 86.7 Å². The Bertz CT molecular complexity index is 472. The second-order valence-corrected chi connectivity index (χ2v) is 5.80. The molecule has 0 aromatic heterocycles. The van der Waals surface area contributed by atoms with Gasteiger partial charge in [-0.3, -0.25) is 14.4 Å². The Morgan fingerprint density at radius 3 is 2.25 bits per heavy atom. The lowest BCUT2D eigenvalue weighted by molar-refractivity contribution is -0.148. The first kappa shape index (κ1) is 14.6. The maximum absolute atomic E-state index is 12.3. The van der Waals surface area contributed by atoms with Gasteiger partial charge < -0.3 is 15.3 Å². The summed E-state index contributed by atoms with van der Waals surface area (Å²) in [5.41, 5.74) is 0. The van der Waals surface area contributed by atoms with E-state index >= 15 is 0 Å². The predicted octanol–water partition coefficient (Wildman–Crippen LogP) is 0.102. The second kappa shape index (κ2) is 5.26. The first-order valence-corrected chi connectivity index (χ1v) is 6.75. The summed E-state index contributed by atoms with van der Waals surface area (Å²) in [6, 6.07) is -0.643. The van der Waals surface area contributed by atoms with Crippen molar-refractivity contribution in [1.29, 1.82) is 0 Å². The number of likely N-dealkylation sites (N-methyl/N-ethyl adjacent to an activating group) is 1. The average molecular weight is 280 g/mol. The van der Waals surface area contributed by atoms with Crippen molar-refractivity contribution in [3.8, 4) is 0 Å². The highest BCUT2D eigenvalue weighted by Gasteiger charge is 2.51. The van der Waals surface area contributed by atoms with Crippen LogP contribution in [0.2, 0.25) is 0 Å². The lowest BCUT2D eigenvalue weighted by Crippen LogP contribution is -2.49. The van der Waals surface area contributed by atoms with E-state index in [0.29, 0.717) is 6.42 Å². The smallest absolute Gasteiger partial charge is 0.307 e. The molecule has 1 saturated carbocycles. The Balaban J connectivity index is 2.07. The third-order valence-electron chi connectivity index (χ3n) is 4.22. The third-order valence-corrected chi connectivity index (χ3v) is 4.22. The van der Waals surface area contributed by atoms with E-state index in [2.05, 4.69) is 5.32 Å². The summed E-state index contributed by atoms with van der Waals surface area (Å²) in [4.78, 5) is 36.8. The first-order chi connectivity index (χ1) is 9.32. The molecule has 2 bridgehead atoms. The van der Waals surface area contributed by atoms with Gasteiger partial charge in [0.2, 0.25) is 11.8 Å². The molecule has 2 amide bonds. The number of nitrogens with one attached hydrogen (secondary N) is 1. The number of aliphatic carboxylic acids is 1. The fourth-order valence-electron chi connectivity index (χ4n) is 3.28. The first-order valence-electron chi connectivity index (χ1n) is 6.75. The molecule has 20 heavy (non-hydrogen) atoms. The highest BCUT2D eigenvalue weighted by Crippen LogP contribution is 2.48. The molecule has 6 heteroatoms. The number of allylic oxidation sites excluding steroid dienone is 2. The minimum absolute atomic E-state index is 0.0252. The van der Waals surface area contributed by atoms with Gasteiger partial charge in [-0.15, -0.1) is 0 Å². The molecule has 0 radical (unpaired) electrons. The molecule has 0 aromatic rings. The van der Waals surface area contributed by atoms with E-state index in [4.69, 9.17) is 0 Å². The molecule has 110 valence electrons. The molecule has 0 aromatic carbocycles. The van der Waals surface area contributed by atoms with Gasteiger partial charge in [0.05, 0.1) is 11.8 Å². The minimum atomic E-state index is -0.936. The summed E-state index contributed by atoms with van der Waals surface area (Å²) < 4.78 is 0. The molecular formula is C14H20N2O4. The normalized spacial score (nSPS) is 31.9. The molecular weight excluding hydrogens is 260 g/mol. The molecule has 0 saturated heterocycles. The van der Waals surface area contributed by atoms with Gasteiger partial charge in [-0.05, 0) is 25.2 Å². The van der Waals surface area contributed by atoms with E-state index in [9.17, 15) is 19.5 Å². The summed E-state index contributed by atoms with van der Waals surface area (Å²) in [6.45, 7) is 1.61. The van der Waals surface area contributed by atoms with Crippen LogP contribution in [-0.2, 0) is 14.4 Å². The number of fused-ring (bicyclic) bond motifs is 2. The van der Waals surface area contributed by atoms with E-state index in [1.807, 2.05) is 12.2 Å². The number of amides is 2. The largest absolute Gasteiger partial charge is 0.481 e. The van der Waals surface area contributed by atoms with Gasteiger partial charge in [-0.25, -0.2) is 0 Å². The Labute approximate surface area is 117 Å². The zero-order chi connectivity index (χ0) is 15.0. The zero-order valence-electron chi connectivity index (χ0n) is 11.9. The summed E-state index contributed by atoms with van der Waals surface area (Å²) in [7, 11) is 3.23. The molecule has 1 fully saturated rings. The molecule has 3 unspecified atom stereocenters. The van der Waals surface area contributed by atoms with Crippen LogP contribution in [-0.4, -0.2) is 47.9 Å². The molecule has 2 aliphatic carbocycles. The molecule has 0 spiro atoms.